The van der Waals surface area contributed by atoms with Gasteiger partial charge in [0, 0.05) is 0 Å². The van der Waals surface area contributed by atoms with Crippen molar-refractivity contribution in [1.82, 2.24) is 9.78 Å². The van der Waals surface area contributed by atoms with E-state index in [9.17, 15) is 19.7 Å². The van der Waals surface area contributed by atoms with Crippen LogP contribution in [0, 0.1) is 16.0 Å². The summed E-state index contributed by atoms with van der Waals surface area (Å²) >= 11 is 1.24. The third-order valence-corrected chi connectivity index (χ3v) is 4.20. The zero-order chi connectivity index (χ0) is 18.6. The van der Waals surface area contributed by atoms with Crippen LogP contribution in [0.15, 0.2) is 17.6 Å². The van der Waals surface area contributed by atoms with Crippen molar-refractivity contribution in [2.75, 3.05) is 12.4 Å². The second kappa shape index (κ2) is 7.88. The number of nitrogens with one attached hydrogen (secondary N) is 1. The Balaban J connectivity index is 2.15. The van der Waals surface area contributed by atoms with E-state index in [1.54, 1.807) is 0 Å². The monoisotopic (exact) mass is 366 g/mol. The summed E-state index contributed by atoms with van der Waals surface area (Å²) in [4.78, 5) is 34.2. The van der Waals surface area contributed by atoms with Crippen LogP contribution in [-0.4, -0.2) is 33.7 Å². The summed E-state index contributed by atoms with van der Waals surface area (Å²) in [5.41, 5.74) is 1.16. The molecule has 2 heterocycles. The molecule has 0 aliphatic heterocycles. The van der Waals surface area contributed by atoms with Crippen molar-refractivity contribution < 1.29 is 19.2 Å². The molecule has 0 aliphatic carbocycles. The van der Waals surface area contributed by atoms with Gasteiger partial charge in [0.2, 0.25) is 5.91 Å². The molecule has 0 radical (unpaired) electrons. The number of hydrogen-bond acceptors (Lipinski definition) is 7. The molecule has 1 N–H and O–H groups in total. The number of aromatic nitrogens is 2. The van der Waals surface area contributed by atoms with Gasteiger partial charge in [-0.15, -0.1) is 11.3 Å². The van der Waals surface area contributed by atoms with Crippen molar-refractivity contribution in [3.63, 3.8) is 0 Å². The lowest BCUT2D eigenvalue weighted by Crippen LogP contribution is -2.20. The topological polar surface area (TPSA) is 116 Å². The van der Waals surface area contributed by atoms with E-state index in [-0.39, 0.29) is 12.4 Å². The van der Waals surface area contributed by atoms with E-state index in [1.165, 1.54) is 30.7 Å². The highest BCUT2D eigenvalue weighted by Gasteiger charge is 2.22. The zero-order valence-electron chi connectivity index (χ0n) is 14.0. The lowest BCUT2D eigenvalue weighted by atomic mass is 10.0. The Morgan fingerprint density at radius 3 is 2.76 bits per heavy atom. The maximum Gasteiger partial charge on any atom is 0.389 e. The molecule has 2 aromatic heterocycles. The van der Waals surface area contributed by atoms with Crippen LogP contribution in [0.5, 0.6) is 0 Å². The number of thiophene rings is 1. The fourth-order valence-corrected chi connectivity index (χ4v) is 3.23. The van der Waals surface area contributed by atoms with E-state index in [0.29, 0.717) is 22.9 Å². The number of nitrogens with zero attached hydrogens (tertiary/aromatic N) is 3. The number of hydrogen-bond donors (Lipinski definition) is 1. The van der Waals surface area contributed by atoms with Crippen LogP contribution < -0.4 is 5.32 Å². The van der Waals surface area contributed by atoms with Crippen LogP contribution in [0.2, 0.25) is 0 Å². The number of carbonyl (C=O) groups excluding carboxylic acids is 2. The summed E-state index contributed by atoms with van der Waals surface area (Å²) in [6.07, 6.45) is 2.03. The average molecular weight is 366 g/mol. The maximum atomic E-state index is 12.2. The maximum absolute atomic E-state index is 12.2. The van der Waals surface area contributed by atoms with Crippen molar-refractivity contribution in [2.45, 2.75) is 26.8 Å². The van der Waals surface area contributed by atoms with Gasteiger partial charge >= 0.3 is 11.8 Å². The molecule has 9 nitrogen and oxygen atoms in total. The molecular formula is C15H18N4O5S. The highest BCUT2D eigenvalue weighted by molar-refractivity contribution is 7.15. The fourth-order valence-electron chi connectivity index (χ4n) is 2.25. The molecule has 0 aliphatic rings. The molecule has 10 heteroatoms. The van der Waals surface area contributed by atoms with Crippen LogP contribution in [0.25, 0.3) is 0 Å². The van der Waals surface area contributed by atoms with Crippen LogP contribution >= 0.6 is 11.3 Å². The van der Waals surface area contributed by atoms with Crippen molar-refractivity contribution >= 4 is 34.0 Å². The van der Waals surface area contributed by atoms with Gasteiger partial charge in [0.25, 0.3) is 0 Å². The van der Waals surface area contributed by atoms with Gasteiger partial charge in [-0.25, -0.2) is 4.79 Å². The molecule has 2 aromatic rings. The van der Waals surface area contributed by atoms with E-state index in [1.807, 2.05) is 19.2 Å². The average Bonchev–Trinajstić information content (AvgIpc) is 3.13. The number of carbonyl (C=O) groups is 2. The van der Waals surface area contributed by atoms with E-state index >= 15 is 0 Å². The Bertz CT molecular complexity index is 796. The largest absolute Gasteiger partial charge is 0.465 e. The minimum atomic E-state index is -0.638. The van der Waals surface area contributed by atoms with E-state index in [2.05, 4.69) is 10.4 Å². The Hall–Kier alpha value is -2.75. The molecule has 0 bridgehead atoms. The van der Waals surface area contributed by atoms with Crippen LogP contribution in [0.1, 0.15) is 29.8 Å². The normalized spacial score (nSPS) is 10.7. The van der Waals surface area contributed by atoms with Crippen LogP contribution in [0.4, 0.5) is 10.8 Å². The van der Waals surface area contributed by atoms with Gasteiger partial charge < -0.3 is 20.2 Å². The number of nitro groups is 1. The molecule has 0 unspecified atom stereocenters. The van der Waals surface area contributed by atoms with E-state index < -0.39 is 16.8 Å². The molecule has 0 saturated carbocycles. The third-order valence-electron chi connectivity index (χ3n) is 3.26. The number of esters is 1. The molecule has 25 heavy (non-hydrogen) atoms. The standard InChI is InChI=1S/C15H18N4O5S/c1-9(2)6-10-8-25-14(13(10)15(21)24-3)16-12(20)7-18-5-4-11(17-18)19(22)23/h4-5,8-9H,6-7H2,1-3H3,(H,16,20). The van der Waals surface area contributed by atoms with Gasteiger partial charge in [0.1, 0.15) is 11.5 Å². The summed E-state index contributed by atoms with van der Waals surface area (Å²) in [6, 6.07) is 1.21. The van der Waals surface area contributed by atoms with Gasteiger partial charge in [-0.2, -0.15) is 4.68 Å². The second-order valence-corrected chi connectivity index (χ2v) is 6.61. The minimum Gasteiger partial charge on any atom is -0.465 e. The highest BCUT2D eigenvalue weighted by atomic mass is 32.1. The quantitative estimate of drug-likeness (QED) is 0.457. The highest BCUT2D eigenvalue weighted by Crippen LogP contribution is 2.30. The molecular weight excluding hydrogens is 348 g/mol. The smallest absolute Gasteiger partial charge is 0.389 e. The van der Waals surface area contributed by atoms with Crippen LogP contribution in [0.3, 0.4) is 0 Å². The van der Waals surface area contributed by atoms with Crippen molar-refractivity contribution in [3.05, 3.63) is 38.9 Å². The van der Waals surface area contributed by atoms with Crippen molar-refractivity contribution in [2.24, 2.45) is 5.92 Å². The summed E-state index contributed by atoms with van der Waals surface area (Å²) in [5.74, 6) is -0.951. The van der Waals surface area contributed by atoms with Gasteiger partial charge in [0.05, 0.1) is 30.0 Å². The second-order valence-electron chi connectivity index (χ2n) is 5.73. The molecule has 0 atom stereocenters. The van der Waals surface area contributed by atoms with Crippen LogP contribution in [-0.2, 0) is 22.5 Å². The van der Waals surface area contributed by atoms with E-state index in [0.717, 1.165) is 10.2 Å². The van der Waals surface area contributed by atoms with Crippen molar-refractivity contribution in [3.8, 4) is 0 Å². The summed E-state index contributed by atoms with van der Waals surface area (Å²) in [5, 5.41) is 19.2. The fraction of sp³-hybridized carbons (Fsp3) is 0.400. The Morgan fingerprint density at radius 2 is 2.20 bits per heavy atom. The molecule has 0 saturated heterocycles. The number of amides is 1. The molecule has 2 rings (SSSR count). The number of rotatable bonds is 7. The molecule has 134 valence electrons. The predicted molar refractivity (Wildman–Crippen MR) is 91.7 cm³/mol. The summed E-state index contributed by atoms with van der Waals surface area (Å²) in [7, 11) is 1.29. The molecule has 0 spiro atoms. The zero-order valence-corrected chi connectivity index (χ0v) is 14.8. The number of methoxy groups -OCH3 is 1. The first-order valence-electron chi connectivity index (χ1n) is 7.48. The predicted octanol–water partition coefficient (Wildman–Crippen LogP) is 2.48. The number of ether oxygens (including phenoxy) is 1. The minimum absolute atomic E-state index is 0.203. The lowest BCUT2D eigenvalue weighted by Gasteiger charge is -2.08. The van der Waals surface area contributed by atoms with Gasteiger partial charge in [-0.3, -0.25) is 4.79 Å². The van der Waals surface area contributed by atoms with E-state index in [4.69, 9.17) is 4.74 Å². The third kappa shape index (κ3) is 4.63. The first-order chi connectivity index (χ1) is 11.8. The Labute approximate surface area is 147 Å². The first-order valence-corrected chi connectivity index (χ1v) is 8.36. The first kappa shape index (κ1) is 18.6. The van der Waals surface area contributed by atoms with Gasteiger partial charge in [-0.05, 0) is 28.2 Å². The SMILES string of the molecule is COC(=O)c1c(CC(C)C)csc1NC(=O)Cn1ccc([N+](=O)[O-])n1. The lowest BCUT2D eigenvalue weighted by molar-refractivity contribution is -0.389. The van der Waals surface area contributed by atoms with Crippen molar-refractivity contribution in [1.29, 1.82) is 0 Å². The molecule has 1 amide bonds. The van der Waals surface area contributed by atoms with Gasteiger partial charge in [-0.1, -0.05) is 13.8 Å². The summed E-state index contributed by atoms with van der Waals surface area (Å²) < 4.78 is 5.97. The summed E-state index contributed by atoms with van der Waals surface area (Å²) in [6.45, 7) is 3.86. The molecule has 0 fully saturated rings. The Kier molecular flexibility index (Phi) is 5.86. The van der Waals surface area contributed by atoms with Gasteiger partial charge in [0.15, 0.2) is 0 Å². The number of anilines is 1. The Morgan fingerprint density at radius 1 is 1.48 bits per heavy atom. The molecule has 0 aromatic carbocycles.